The van der Waals surface area contributed by atoms with Crippen LogP contribution in [-0.4, -0.2) is 25.0 Å². The number of amides is 1. The van der Waals surface area contributed by atoms with Crippen molar-refractivity contribution < 1.29 is 4.79 Å². The summed E-state index contributed by atoms with van der Waals surface area (Å²) in [6.45, 7) is 8.34. The quantitative estimate of drug-likeness (QED) is 0.717. The second-order valence-electron chi connectivity index (χ2n) is 5.25. The van der Waals surface area contributed by atoms with Crippen molar-refractivity contribution in [3.05, 3.63) is 0 Å². The fraction of sp³-hybridized carbons (Fsp3) is 0.909. The minimum absolute atomic E-state index is 0.0648. The second-order valence-corrected chi connectivity index (χ2v) is 5.25. The van der Waals surface area contributed by atoms with E-state index in [9.17, 15) is 4.79 Å². The maximum Gasteiger partial charge on any atom is 0.237 e. The zero-order valence-electron chi connectivity index (χ0n) is 9.52. The molecule has 0 spiro atoms. The Morgan fingerprint density at radius 2 is 2.21 bits per heavy atom. The van der Waals surface area contributed by atoms with Crippen molar-refractivity contribution in [3.8, 4) is 0 Å². The van der Waals surface area contributed by atoms with E-state index in [1.54, 1.807) is 0 Å². The van der Waals surface area contributed by atoms with Crippen LogP contribution in [0.1, 0.15) is 40.0 Å². The Morgan fingerprint density at radius 3 is 2.71 bits per heavy atom. The largest absolute Gasteiger partial charge is 0.355 e. The van der Waals surface area contributed by atoms with Gasteiger partial charge in [-0.25, -0.2) is 0 Å². The highest BCUT2D eigenvalue weighted by Crippen LogP contribution is 2.17. The van der Waals surface area contributed by atoms with Crippen LogP contribution in [0.15, 0.2) is 0 Å². The Labute approximate surface area is 86.6 Å². The first kappa shape index (κ1) is 11.5. The van der Waals surface area contributed by atoms with Crippen molar-refractivity contribution in [1.82, 2.24) is 10.6 Å². The Bertz CT molecular complexity index is 190. The summed E-state index contributed by atoms with van der Waals surface area (Å²) in [6, 6.07) is 0.0648. The summed E-state index contributed by atoms with van der Waals surface area (Å²) >= 11 is 0. The molecule has 1 fully saturated rings. The number of rotatable bonds is 3. The predicted octanol–water partition coefficient (Wildman–Crippen LogP) is 1.29. The Morgan fingerprint density at radius 1 is 1.50 bits per heavy atom. The van der Waals surface area contributed by atoms with Crippen LogP contribution in [0.5, 0.6) is 0 Å². The molecule has 1 amide bonds. The zero-order chi connectivity index (χ0) is 10.6. The molecule has 82 valence electrons. The highest BCUT2D eigenvalue weighted by atomic mass is 16.2. The van der Waals surface area contributed by atoms with Gasteiger partial charge in [-0.2, -0.15) is 0 Å². The number of hydrogen-bond donors (Lipinski definition) is 2. The van der Waals surface area contributed by atoms with Crippen molar-refractivity contribution >= 4 is 5.91 Å². The molecule has 2 N–H and O–H groups in total. The molecule has 1 aliphatic heterocycles. The molecule has 0 saturated carbocycles. The molecule has 0 radical (unpaired) electrons. The van der Waals surface area contributed by atoms with E-state index in [4.69, 9.17) is 0 Å². The molecule has 0 aliphatic carbocycles. The van der Waals surface area contributed by atoms with Gasteiger partial charge in [-0.1, -0.05) is 20.8 Å². The maximum absolute atomic E-state index is 11.6. The number of hydrogen-bond acceptors (Lipinski definition) is 2. The monoisotopic (exact) mass is 198 g/mol. The molecule has 0 unspecified atom stereocenters. The number of carbonyl (C=O) groups is 1. The molecular formula is C11H22N2O. The Hall–Kier alpha value is -0.570. The summed E-state index contributed by atoms with van der Waals surface area (Å²) in [7, 11) is 0. The van der Waals surface area contributed by atoms with E-state index < -0.39 is 0 Å². The highest BCUT2D eigenvalue weighted by molar-refractivity contribution is 5.81. The first-order valence-corrected chi connectivity index (χ1v) is 5.50. The summed E-state index contributed by atoms with van der Waals surface area (Å²) in [5, 5.41) is 6.17. The van der Waals surface area contributed by atoms with Crippen LogP contribution in [0.25, 0.3) is 0 Å². The van der Waals surface area contributed by atoms with Gasteiger partial charge in [0.15, 0.2) is 0 Å². The van der Waals surface area contributed by atoms with Crippen LogP contribution < -0.4 is 10.6 Å². The van der Waals surface area contributed by atoms with E-state index in [2.05, 4.69) is 31.4 Å². The lowest BCUT2D eigenvalue weighted by molar-refractivity contribution is -0.122. The molecule has 0 bridgehead atoms. The van der Waals surface area contributed by atoms with Crippen LogP contribution in [-0.2, 0) is 4.79 Å². The van der Waals surface area contributed by atoms with E-state index >= 15 is 0 Å². The third-order valence-electron chi connectivity index (χ3n) is 2.55. The molecule has 3 nitrogen and oxygen atoms in total. The van der Waals surface area contributed by atoms with Crippen LogP contribution in [0, 0.1) is 5.41 Å². The van der Waals surface area contributed by atoms with Crippen molar-refractivity contribution in [3.63, 3.8) is 0 Å². The molecule has 1 aliphatic rings. The molecule has 1 atom stereocenters. The smallest absolute Gasteiger partial charge is 0.237 e. The normalized spacial score (nSPS) is 22.4. The van der Waals surface area contributed by atoms with Gasteiger partial charge < -0.3 is 10.6 Å². The fourth-order valence-electron chi connectivity index (χ4n) is 1.59. The van der Waals surface area contributed by atoms with Crippen LogP contribution in [0.2, 0.25) is 0 Å². The van der Waals surface area contributed by atoms with Crippen LogP contribution >= 0.6 is 0 Å². The van der Waals surface area contributed by atoms with Gasteiger partial charge in [-0.3, -0.25) is 4.79 Å². The number of nitrogens with one attached hydrogen (secondary N) is 2. The standard InChI is InChI=1S/C11H22N2O/c1-11(2,3)6-8-13-10(14)9-5-4-7-12-9/h9,12H,4-8H2,1-3H3,(H,13,14)/t9-/m0/s1. The lowest BCUT2D eigenvalue weighted by atomic mass is 9.92. The Kier molecular flexibility index (Phi) is 3.93. The van der Waals surface area contributed by atoms with Gasteiger partial charge >= 0.3 is 0 Å². The first-order chi connectivity index (χ1) is 6.49. The molecule has 1 heterocycles. The summed E-state index contributed by atoms with van der Waals surface area (Å²) < 4.78 is 0. The van der Waals surface area contributed by atoms with Gasteiger partial charge in [0, 0.05) is 6.54 Å². The molecule has 14 heavy (non-hydrogen) atoms. The molecule has 0 aromatic rings. The molecular weight excluding hydrogens is 176 g/mol. The van der Waals surface area contributed by atoms with Gasteiger partial charge in [0.1, 0.15) is 0 Å². The zero-order valence-corrected chi connectivity index (χ0v) is 9.52. The summed E-state index contributed by atoms with van der Waals surface area (Å²) in [4.78, 5) is 11.6. The van der Waals surface area contributed by atoms with Gasteiger partial charge in [0.25, 0.3) is 0 Å². The minimum atomic E-state index is 0.0648. The second kappa shape index (κ2) is 4.78. The maximum atomic E-state index is 11.6. The van der Waals surface area contributed by atoms with Crippen molar-refractivity contribution in [2.75, 3.05) is 13.1 Å². The van der Waals surface area contributed by atoms with Gasteiger partial charge in [0.2, 0.25) is 5.91 Å². The minimum Gasteiger partial charge on any atom is -0.355 e. The lowest BCUT2D eigenvalue weighted by Crippen LogP contribution is -2.41. The summed E-state index contributed by atoms with van der Waals surface area (Å²) in [5.74, 6) is 0.173. The number of carbonyl (C=O) groups excluding carboxylic acids is 1. The van der Waals surface area contributed by atoms with E-state index in [0.29, 0.717) is 5.41 Å². The fourth-order valence-corrected chi connectivity index (χ4v) is 1.59. The third kappa shape index (κ3) is 4.09. The van der Waals surface area contributed by atoms with E-state index in [1.165, 1.54) is 0 Å². The van der Waals surface area contributed by atoms with Crippen molar-refractivity contribution in [2.24, 2.45) is 5.41 Å². The van der Waals surface area contributed by atoms with Crippen LogP contribution in [0.4, 0.5) is 0 Å². The molecule has 1 rings (SSSR count). The van der Waals surface area contributed by atoms with E-state index in [0.717, 1.165) is 32.4 Å². The average Bonchev–Trinajstić information content (AvgIpc) is 2.53. The van der Waals surface area contributed by atoms with Gasteiger partial charge in [-0.15, -0.1) is 0 Å². The molecule has 1 saturated heterocycles. The topological polar surface area (TPSA) is 41.1 Å². The van der Waals surface area contributed by atoms with E-state index in [1.807, 2.05) is 0 Å². The van der Waals surface area contributed by atoms with Crippen LogP contribution in [0.3, 0.4) is 0 Å². The first-order valence-electron chi connectivity index (χ1n) is 5.50. The average molecular weight is 198 g/mol. The Balaban J connectivity index is 2.15. The molecule has 0 aromatic heterocycles. The van der Waals surface area contributed by atoms with E-state index in [-0.39, 0.29) is 11.9 Å². The molecule has 3 heteroatoms. The van der Waals surface area contributed by atoms with Gasteiger partial charge in [-0.05, 0) is 31.2 Å². The lowest BCUT2D eigenvalue weighted by Gasteiger charge is -2.19. The predicted molar refractivity (Wildman–Crippen MR) is 58.1 cm³/mol. The molecule has 0 aromatic carbocycles. The highest BCUT2D eigenvalue weighted by Gasteiger charge is 2.21. The summed E-state index contributed by atoms with van der Waals surface area (Å²) in [6.07, 6.45) is 3.14. The van der Waals surface area contributed by atoms with Gasteiger partial charge in [0.05, 0.1) is 6.04 Å². The summed E-state index contributed by atoms with van der Waals surface area (Å²) in [5.41, 5.74) is 0.302. The van der Waals surface area contributed by atoms with Crippen molar-refractivity contribution in [1.29, 1.82) is 0 Å². The van der Waals surface area contributed by atoms with Crippen molar-refractivity contribution in [2.45, 2.75) is 46.1 Å². The third-order valence-corrected chi connectivity index (χ3v) is 2.55. The SMILES string of the molecule is CC(C)(C)CCNC(=O)[C@@H]1CCCN1.